The molecule has 3 aliphatic rings. The highest BCUT2D eigenvalue weighted by atomic mass is 35.5. The summed E-state index contributed by atoms with van der Waals surface area (Å²) >= 11 is 7.90. The van der Waals surface area contributed by atoms with Gasteiger partial charge < -0.3 is 30.7 Å². The highest BCUT2D eigenvalue weighted by Gasteiger charge is 2.73. The summed E-state index contributed by atoms with van der Waals surface area (Å²) in [6, 6.07) is 0. The van der Waals surface area contributed by atoms with Crippen molar-refractivity contribution in [1.82, 2.24) is 9.47 Å². The SMILES string of the molecule is CC(C)[Si](C)(C)N1C2N([C@@H]3O[C@H](CO)C(O)C3O)C=NC2([Si](C)(C)C(C)C)C(N)=NC1(Cl)[Si](C)(C)C(C)C. The van der Waals surface area contributed by atoms with Crippen molar-refractivity contribution < 1.29 is 20.1 Å². The minimum atomic E-state index is -2.38. The van der Waals surface area contributed by atoms with Crippen LogP contribution in [0, 0.1) is 0 Å². The lowest BCUT2D eigenvalue weighted by molar-refractivity contribution is -0.0981. The lowest BCUT2D eigenvalue weighted by atomic mass is 10.1. The predicted molar refractivity (Wildman–Crippen MR) is 164 cm³/mol. The Morgan fingerprint density at radius 3 is 1.92 bits per heavy atom. The molecule has 0 aliphatic carbocycles. The van der Waals surface area contributed by atoms with E-state index in [4.69, 9.17) is 32.1 Å². The number of halogens is 1. The summed E-state index contributed by atoms with van der Waals surface area (Å²) in [6.07, 6.45) is -2.96. The lowest BCUT2D eigenvalue weighted by Gasteiger charge is -2.65. The summed E-state index contributed by atoms with van der Waals surface area (Å²) in [7, 11) is -7.11. The van der Waals surface area contributed by atoms with Gasteiger partial charge in [0.05, 0.1) is 21.0 Å². The van der Waals surface area contributed by atoms with Gasteiger partial charge in [-0.15, -0.1) is 0 Å². The zero-order valence-electron chi connectivity index (χ0n) is 25.4. The van der Waals surface area contributed by atoms with Crippen molar-refractivity contribution in [2.24, 2.45) is 15.7 Å². The van der Waals surface area contributed by atoms with E-state index in [9.17, 15) is 15.3 Å². The van der Waals surface area contributed by atoms with Crippen LogP contribution >= 0.6 is 11.6 Å². The monoisotopic (exact) mass is 605 g/mol. The summed E-state index contributed by atoms with van der Waals surface area (Å²) in [6.45, 7) is 26.8. The van der Waals surface area contributed by atoms with Crippen LogP contribution in [0.1, 0.15) is 41.5 Å². The maximum absolute atomic E-state index is 11.2. The van der Waals surface area contributed by atoms with Gasteiger partial charge in [0.2, 0.25) is 0 Å². The molecule has 3 rings (SSSR count). The third kappa shape index (κ3) is 4.23. The minimum absolute atomic E-state index is 0.309. The largest absolute Gasteiger partial charge is 0.394 e. The predicted octanol–water partition coefficient (Wildman–Crippen LogP) is 3.33. The molecule has 38 heavy (non-hydrogen) atoms. The van der Waals surface area contributed by atoms with Crippen LogP contribution in [0.5, 0.6) is 0 Å². The molecule has 5 N–H and O–H groups in total. The van der Waals surface area contributed by atoms with Crippen LogP contribution in [0.4, 0.5) is 0 Å². The standard InChI is InChI=1S/C25H52ClN5O4Si3/c1-15(2)36(7,8)24-22(27)29-25(26,37(9,10)16(3)4)31(38(11,12)17(5)6)23(24)30(14-28-24)21-20(34)19(33)18(13-32)35-21/h14-21,23,32-34H,13H2,1-12H3,(H2,27,29)/t18-,19?,20?,21-,23?,24?,25?/m1/s1. The van der Waals surface area contributed by atoms with Gasteiger partial charge in [-0.1, -0.05) is 92.4 Å². The van der Waals surface area contributed by atoms with Crippen LogP contribution < -0.4 is 5.73 Å². The molecule has 0 spiro atoms. The van der Waals surface area contributed by atoms with Gasteiger partial charge >= 0.3 is 0 Å². The Balaban J connectivity index is 2.42. The first kappa shape index (κ1) is 32.2. The molecule has 0 bridgehead atoms. The normalized spacial score (nSPS) is 37.1. The van der Waals surface area contributed by atoms with E-state index in [0.29, 0.717) is 22.5 Å². The first-order chi connectivity index (χ1) is 17.2. The second-order valence-electron chi connectivity index (χ2n) is 14.1. The number of ether oxygens (including phenoxy) is 1. The Labute approximate surface area is 237 Å². The highest BCUT2D eigenvalue weighted by Crippen LogP contribution is 2.55. The van der Waals surface area contributed by atoms with Gasteiger partial charge in [-0.2, -0.15) is 0 Å². The van der Waals surface area contributed by atoms with Crippen LogP contribution in [0.15, 0.2) is 9.98 Å². The Bertz CT molecular complexity index is 965. The van der Waals surface area contributed by atoms with Gasteiger partial charge in [0, 0.05) is 0 Å². The molecule has 0 saturated carbocycles. The third-order valence-electron chi connectivity index (χ3n) is 10.8. The number of nitrogens with zero attached hydrogens (tertiary/aromatic N) is 4. The van der Waals surface area contributed by atoms with Crippen molar-refractivity contribution in [3.8, 4) is 0 Å². The van der Waals surface area contributed by atoms with Gasteiger partial charge in [0.15, 0.2) is 11.0 Å². The molecule has 13 heteroatoms. The molecule has 0 aromatic carbocycles. The maximum Gasteiger partial charge on any atom is 0.170 e. The Kier molecular flexibility index (Phi) is 8.64. The molecule has 220 valence electrons. The average Bonchev–Trinajstić information content (AvgIpc) is 3.32. The molecule has 0 radical (unpaired) electrons. The van der Waals surface area contributed by atoms with Crippen molar-refractivity contribution >= 4 is 48.2 Å². The number of rotatable bonds is 8. The maximum atomic E-state index is 11.2. The fourth-order valence-corrected chi connectivity index (χ4v) is 16.4. The van der Waals surface area contributed by atoms with E-state index >= 15 is 0 Å². The van der Waals surface area contributed by atoms with Crippen molar-refractivity contribution in [3.63, 3.8) is 0 Å². The molecule has 5 unspecified atom stereocenters. The first-order valence-electron chi connectivity index (χ1n) is 14.0. The van der Waals surface area contributed by atoms with E-state index in [2.05, 4.69) is 85.4 Å². The third-order valence-corrected chi connectivity index (χ3v) is 27.9. The molecular formula is C25H52ClN5O4Si3. The van der Waals surface area contributed by atoms with E-state index < -0.39 is 71.6 Å². The number of alkyl halides is 1. The Morgan fingerprint density at radius 2 is 1.50 bits per heavy atom. The van der Waals surface area contributed by atoms with Crippen LogP contribution in [0.25, 0.3) is 0 Å². The van der Waals surface area contributed by atoms with Crippen LogP contribution in [-0.4, -0.2) is 109 Å². The number of hydrogen-bond donors (Lipinski definition) is 4. The summed E-state index contributed by atoms with van der Waals surface area (Å²) in [5.74, 6) is 0.458. The van der Waals surface area contributed by atoms with Gasteiger partial charge in [0.25, 0.3) is 0 Å². The zero-order valence-corrected chi connectivity index (χ0v) is 29.2. The number of hydrogen-bond acceptors (Lipinski definition) is 9. The topological polar surface area (TPSA) is 127 Å². The van der Waals surface area contributed by atoms with Crippen LogP contribution in [0.2, 0.25) is 55.9 Å². The zero-order chi connectivity index (χ0) is 29.4. The van der Waals surface area contributed by atoms with E-state index in [1.807, 2.05) is 4.90 Å². The molecule has 0 aromatic heterocycles. The van der Waals surface area contributed by atoms with E-state index in [0.717, 1.165) is 0 Å². The molecular weight excluding hydrogens is 554 g/mol. The second-order valence-corrected chi connectivity index (χ2v) is 30.5. The van der Waals surface area contributed by atoms with E-state index in [1.54, 1.807) is 6.34 Å². The number of nitrogens with two attached hydrogens (primary N) is 1. The van der Waals surface area contributed by atoms with E-state index in [-0.39, 0.29) is 0 Å². The molecule has 0 aromatic rings. The van der Waals surface area contributed by atoms with Crippen LogP contribution in [0.3, 0.4) is 0 Å². The number of amidine groups is 1. The van der Waals surface area contributed by atoms with Crippen LogP contribution in [-0.2, 0) is 4.74 Å². The molecule has 1 saturated heterocycles. The quantitative estimate of drug-likeness (QED) is 0.190. The van der Waals surface area contributed by atoms with Gasteiger partial charge in [-0.05, 0) is 16.6 Å². The number of aliphatic imine (C=N–C) groups is 2. The fraction of sp³-hybridized carbons (Fsp3) is 0.920. The summed E-state index contributed by atoms with van der Waals surface area (Å²) in [5.41, 5.74) is 8.03. The summed E-state index contributed by atoms with van der Waals surface area (Å²) in [4.78, 5) is 12.5. The number of aliphatic hydroxyl groups is 3. The lowest BCUT2D eigenvalue weighted by Crippen LogP contribution is -2.85. The average molecular weight is 606 g/mol. The summed E-state index contributed by atoms with van der Waals surface area (Å²) in [5, 5.41) is 30.9. The number of fused-ring (bicyclic) bond motifs is 1. The molecule has 1 fully saturated rings. The molecule has 3 aliphatic heterocycles. The van der Waals surface area contributed by atoms with Gasteiger partial charge in [-0.3, -0.25) is 9.56 Å². The second kappa shape index (κ2) is 10.2. The Morgan fingerprint density at radius 1 is 0.974 bits per heavy atom. The molecule has 9 nitrogen and oxygen atoms in total. The smallest absolute Gasteiger partial charge is 0.170 e. The van der Waals surface area contributed by atoms with Crippen molar-refractivity contribution in [2.75, 3.05) is 6.61 Å². The van der Waals surface area contributed by atoms with E-state index in [1.165, 1.54) is 0 Å². The first-order valence-corrected chi connectivity index (χ1v) is 23.5. The highest BCUT2D eigenvalue weighted by molar-refractivity contribution is 6.91. The molecule has 3 heterocycles. The molecule has 0 amide bonds. The fourth-order valence-electron chi connectivity index (χ4n) is 5.88. The van der Waals surface area contributed by atoms with Crippen molar-refractivity contribution in [2.45, 2.75) is 138 Å². The van der Waals surface area contributed by atoms with Crippen molar-refractivity contribution in [1.29, 1.82) is 0 Å². The van der Waals surface area contributed by atoms with Gasteiger partial charge in [0.1, 0.15) is 51.8 Å². The molecule has 7 atom stereocenters. The van der Waals surface area contributed by atoms with Crippen molar-refractivity contribution in [3.05, 3.63) is 0 Å². The summed E-state index contributed by atoms with van der Waals surface area (Å²) < 4.78 is 7.54. The minimum Gasteiger partial charge on any atom is -0.394 e. The van der Waals surface area contributed by atoms with Gasteiger partial charge in [-0.25, -0.2) is 4.99 Å². The number of aliphatic hydroxyl groups excluding tert-OH is 3. The Hall–Kier alpha value is -0.319.